The van der Waals surface area contributed by atoms with Gasteiger partial charge in [0.1, 0.15) is 5.75 Å². The van der Waals surface area contributed by atoms with E-state index in [1.165, 1.54) is 18.2 Å². The Morgan fingerprint density at radius 2 is 1.86 bits per heavy atom. The minimum absolute atomic E-state index is 0.0296. The predicted octanol–water partition coefficient (Wildman–Crippen LogP) is 4.23. The van der Waals surface area contributed by atoms with Crippen LogP contribution < -0.4 is 0 Å². The maximum absolute atomic E-state index is 11.5. The molecule has 2 rings (SSSR count). The minimum atomic E-state index is -1.01. The van der Waals surface area contributed by atoms with Gasteiger partial charge in [-0.1, -0.05) is 48.9 Å². The van der Waals surface area contributed by atoms with Crippen LogP contribution in [0.15, 0.2) is 42.5 Å². The fourth-order valence-electron chi connectivity index (χ4n) is 1.97. The number of aliphatic carboxylic acids is 1. The third kappa shape index (κ3) is 3.64. The molecule has 0 bridgehead atoms. The van der Waals surface area contributed by atoms with Gasteiger partial charge in [0.25, 0.3) is 0 Å². The molecule has 0 amide bonds. The molecule has 0 fully saturated rings. The molecule has 0 aliphatic heterocycles. The summed E-state index contributed by atoms with van der Waals surface area (Å²) < 4.78 is 0. The van der Waals surface area contributed by atoms with Gasteiger partial charge in [0, 0.05) is 0 Å². The van der Waals surface area contributed by atoms with Crippen molar-refractivity contribution >= 4 is 29.2 Å². The van der Waals surface area contributed by atoms with Crippen molar-refractivity contribution in [3.63, 3.8) is 0 Å². The van der Waals surface area contributed by atoms with E-state index in [9.17, 15) is 15.0 Å². The van der Waals surface area contributed by atoms with Crippen LogP contribution in [0.3, 0.4) is 0 Å². The molecule has 4 heteroatoms. The van der Waals surface area contributed by atoms with Crippen molar-refractivity contribution in [3.05, 3.63) is 64.2 Å². The lowest BCUT2D eigenvalue weighted by Crippen LogP contribution is -1.99. The lowest BCUT2D eigenvalue weighted by Gasteiger charge is -2.05. The highest BCUT2D eigenvalue weighted by Gasteiger charge is 2.11. The van der Waals surface area contributed by atoms with Crippen molar-refractivity contribution in [1.82, 2.24) is 0 Å². The molecule has 0 atom stereocenters. The number of hydrogen-bond acceptors (Lipinski definition) is 2. The Bertz CT molecular complexity index is 688. The van der Waals surface area contributed by atoms with Crippen LogP contribution in [0.25, 0.3) is 11.6 Å². The first-order valence-electron chi connectivity index (χ1n) is 6.54. The number of aromatic hydroxyl groups is 1. The molecule has 2 N–H and O–H groups in total. The van der Waals surface area contributed by atoms with Crippen molar-refractivity contribution in [2.24, 2.45) is 0 Å². The SMILES string of the molecule is CCc1ccc(/C(=C/c2ccc(O)c(Cl)c2)C(=O)O)cc1. The summed E-state index contributed by atoms with van der Waals surface area (Å²) in [7, 11) is 0. The maximum Gasteiger partial charge on any atom is 0.336 e. The average Bonchev–Trinajstić information content (AvgIpc) is 2.48. The summed E-state index contributed by atoms with van der Waals surface area (Å²) in [6, 6.07) is 12.0. The van der Waals surface area contributed by atoms with Gasteiger partial charge >= 0.3 is 5.97 Å². The zero-order chi connectivity index (χ0) is 15.4. The second-order valence-electron chi connectivity index (χ2n) is 4.62. The van der Waals surface area contributed by atoms with E-state index in [2.05, 4.69) is 0 Å². The zero-order valence-electron chi connectivity index (χ0n) is 11.5. The van der Waals surface area contributed by atoms with Gasteiger partial charge in [0.2, 0.25) is 0 Å². The molecule has 0 spiro atoms. The first-order valence-corrected chi connectivity index (χ1v) is 6.92. The molecule has 21 heavy (non-hydrogen) atoms. The number of hydrogen-bond donors (Lipinski definition) is 2. The van der Waals surface area contributed by atoms with Crippen LogP contribution in [-0.4, -0.2) is 16.2 Å². The smallest absolute Gasteiger partial charge is 0.336 e. The number of phenols is 1. The molecule has 108 valence electrons. The number of phenolic OH excluding ortho intramolecular Hbond substituents is 1. The van der Waals surface area contributed by atoms with Crippen molar-refractivity contribution in [3.8, 4) is 5.75 Å². The highest BCUT2D eigenvalue weighted by Crippen LogP contribution is 2.26. The van der Waals surface area contributed by atoms with E-state index in [-0.39, 0.29) is 16.3 Å². The molecule has 0 saturated carbocycles. The molecule has 0 radical (unpaired) electrons. The van der Waals surface area contributed by atoms with Gasteiger partial charge < -0.3 is 10.2 Å². The van der Waals surface area contributed by atoms with Gasteiger partial charge in [-0.25, -0.2) is 4.79 Å². The van der Waals surface area contributed by atoms with Crippen molar-refractivity contribution in [2.75, 3.05) is 0 Å². The number of carboxylic acids is 1. The minimum Gasteiger partial charge on any atom is -0.506 e. The number of carbonyl (C=O) groups is 1. The second kappa shape index (κ2) is 6.46. The Kier molecular flexibility index (Phi) is 4.66. The Hall–Kier alpha value is -2.26. The molecule has 2 aromatic rings. The normalized spacial score (nSPS) is 11.4. The van der Waals surface area contributed by atoms with E-state index in [1.807, 2.05) is 19.1 Å². The first-order chi connectivity index (χ1) is 10.0. The molecule has 0 aliphatic rings. The summed E-state index contributed by atoms with van der Waals surface area (Å²) in [5, 5.41) is 19.0. The number of halogens is 1. The standard InChI is InChI=1S/C17H15ClO3/c1-2-11-3-6-13(7-4-11)14(17(20)21)9-12-5-8-16(19)15(18)10-12/h3-10,19H,2H2,1H3,(H,20,21)/b14-9-. The van der Waals surface area contributed by atoms with Crippen molar-refractivity contribution in [2.45, 2.75) is 13.3 Å². The van der Waals surface area contributed by atoms with Crippen LogP contribution in [0.1, 0.15) is 23.6 Å². The molecule has 0 aromatic heterocycles. The van der Waals surface area contributed by atoms with Gasteiger partial charge in [0.05, 0.1) is 10.6 Å². The lowest BCUT2D eigenvalue weighted by atomic mass is 10.0. The third-order valence-electron chi connectivity index (χ3n) is 3.19. The summed E-state index contributed by atoms with van der Waals surface area (Å²) in [5.74, 6) is -1.04. The second-order valence-corrected chi connectivity index (χ2v) is 5.03. The Morgan fingerprint density at radius 3 is 2.38 bits per heavy atom. The molecule has 0 aliphatic carbocycles. The van der Waals surface area contributed by atoms with E-state index < -0.39 is 5.97 Å². The van der Waals surface area contributed by atoms with Gasteiger partial charge in [-0.3, -0.25) is 0 Å². The van der Waals surface area contributed by atoms with Crippen LogP contribution in [-0.2, 0) is 11.2 Å². The van der Waals surface area contributed by atoms with Gasteiger partial charge in [-0.2, -0.15) is 0 Å². The predicted molar refractivity (Wildman–Crippen MR) is 84.4 cm³/mol. The number of rotatable bonds is 4. The monoisotopic (exact) mass is 302 g/mol. The van der Waals surface area contributed by atoms with E-state index in [0.29, 0.717) is 11.1 Å². The summed E-state index contributed by atoms with van der Waals surface area (Å²) in [4.78, 5) is 11.5. The van der Waals surface area contributed by atoms with Crippen LogP contribution in [0.2, 0.25) is 5.02 Å². The molecule has 0 heterocycles. The summed E-state index contributed by atoms with van der Waals surface area (Å²) in [6.07, 6.45) is 2.44. The lowest BCUT2D eigenvalue weighted by molar-refractivity contribution is -0.130. The summed E-state index contributed by atoms with van der Waals surface area (Å²) >= 11 is 5.84. The topological polar surface area (TPSA) is 57.5 Å². The maximum atomic E-state index is 11.5. The van der Waals surface area contributed by atoms with Crippen LogP contribution >= 0.6 is 11.6 Å². The molecule has 0 unspecified atom stereocenters. The molecular weight excluding hydrogens is 288 g/mol. The number of benzene rings is 2. The Labute approximate surface area is 128 Å². The fraction of sp³-hybridized carbons (Fsp3) is 0.118. The van der Waals surface area contributed by atoms with E-state index in [4.69, 9.17) is 11.6 Å². The first kappa shape index (κ1) is 15.1. The van der Waals surface area contributed by atoms with Gasteiger partial charge in [-0.05, 0) is 41.3 Å². The third-order valence-corrected chi connectivity index (χ3v) is 3.49. The zero-order valence-corrected chi connectivity index (χ0v) is 12.3. The molecular formula is C17H15ClO3. The van der Waals surface area contributed by atoms with Gasteiger partial charge in [0.15, 0.2) is 0 Å². The number of aryl methyl sites for hydroxylation is 1. The fourth-order valence-corrected chi connectivity index (χ4v) is 2.16. The largest absolute Gasteiger partial charge is 0.506 e. The highest BCUT2D eigenvalue weighted by atomic mass is 35.5. The quantitative estimate of drug-likeness (QED) is 0.656. The summed E-state index contributed by atoms with van der Waals surface area (Å²) in [5.41, 5.74) is 2.58. The van der Waals surface area contributed by atoms with E-state index >= 15 is 0 Å². The highest BCUT2D eigenvalue weighted by molar-refractivity contribution is 6.32. The van der Waals surface area contributed by atoms with E-state index in [1.54, 1.807) is 18.2 Å². The average molecular weight is 303 g/mol. The number of carboxylic acid groups (broad SMARTS) is 1. The molecule has 2 aromatic carbocycles. The Morgan fingerprint density at radius 1 is 1.19 bits per heavy atom. The van der Waals surface area contributed by atoms with Crippen molar-refractivity contribution < 1.29 is 15.0 Å². The van der Waals surface area contributed by atoms with E-state index in [0.717, 1.165) is 12.0 Å². The summed E-state index contributed by atoms with van der Waals surface area (Å²) in [6.45, 7) is 2.04. The van der Waals surface area contributed by atoms with Crippen LogP contribution in [0.5, 0.6) is 5.75 Å². The van der Waals surface area contributed by atoms with Crippen LogP contribution in [0, 0.1) is 0 Å². The molecule has 0 saturated heterocycles. The van der Waals surface area contributed by atoms with Crippen LogP contribution in [0.4, 0.5) is 0 Å². The van der Waals surface area contributed by atoms with Gasteiger partial charge in [-0.15, -0.1) is 0 Å². The Balaban J connectivity index is 2.44. The molecule has 3 nitrogen and oxygen atoms in total. The van der Waals surface area contributed by atoms with Crippen molar-refractivity contribution in [1.29, 1.82) is 0 Å².